The average Bonchev–Trinajstić information content (AvgIpc) is 2.92. The Bertz CT molecular complexity index is 932. The number of carboxylic acid groups (broad SMARTS) is 2. The molecule has 1 aromatic carbocycles. The Morgan fingerprint density at radius 3 is 1.32 bits per heavy atom. The summed E-state index contributed by atoms with van der Waals surface area (Å²) in [5, 5.41) is 22.4. The Kier molecular flexibility index (Phi) is 20.0. The molecule has 0 aliphatic heterocycles. The average molecular weight is 573 g/mol. The van der Waals surface area contributed by atoms with Gasteiger partial charge in [-0.2, -0.15) is 0 Å². The second kappa shape index (κ2) is 23.1. The molecular weight excluding hydrogens is 524 g/mol. The first-order valence-corrected chi connectivity index (χ1v) is 15.0. The van der Waals surface area contributed by atoms with Gasteiger partial charge in [-0.15, -0.1) is 0 Å². The van der Waals surface area contributed by atoms with Gasteiger partial charge < -0.3 is 25.6 Å². The number of carboxylic acids is 2. The van der Waals surface area contributed by atoms with Crippen LogP contribution < -0.4 is 15.4 Å². The van der Waals surface area contributed by atoms with Crippen molar-refractivity contribution in [2.75, 3.05) is 17.2 Å². The van der Waals surface area contributed by atoms with Crippen molar-refractivity contribution in [2.24, 2.45) is 0 Å². The van der Waals surface area contributed by atoms with Crippen LogP contribution in [0.1, 0.15) is 110 Å². The number of rotatable bonds is 24. The van der Waals surface area contributed by atoms with Crippen LogP contribution in [0.2, 0.25) is 0 Å². The summed E-state index contributed by atoms with van der Waals surface area (Å²) in [6, 6.07) is 4.60. The predicted molar refractivity (Wildman–Crippen MR) is 162 cm³/mol. The number of aliphatic carboxylic acids is 2. The lowest BCUT2D eigenvalue weighted by molar-refractivity contribution is -0.132. The molecule has 0 saturated heterocycles. The Hall–Kier alpha value is -3.62. The maximum absolute atomic E-state index is 12.0. The summed E-state index contributed by atoms with van der Waals surface area (Å²) in [5.41, 5.74) is 0.569. The van der Waals surface area contributed by atoms with Gasteiger partial charge in [-0.3, -0.25) is 9.59 Å². The van der Waals surface area contributed by atoms with E-state index in [1.54, 1.807) is 12.1 Å². The van der Waals surface area contributed by atoms with E-state index in [1.165, 1.54) is 89.5 Å². The van der Waals surface area contributed by atoms with Crippen LogP contribution in [0.4, 0.5) is 11.4 Å². The number of benzene rings is 1. The van der Waals surface area contributed by atoms with E-state index < -0.39 is 23.8 Å². The van der Waals surface area contributed by atoms with Gasteiger partial charge in [0.25, 0.3) is 0 Å². The molecule has 4 N–H and O–H groups in total. The first kappa shape index (κ1) is 35.4. The molecule has 2 amide bonds. The molecule has 9 nitrogen and oxygen atoms in total. The minimum Gasteiger partial charge on any atom is -0.493 e. The fourth-order valence-corrected chi connectivity index (χ4v) is 4.33. The largest absolute Gasteiger partial charge is 0.493 e. The van der Waals surface area contributed by atoms with Crippen molar-refractivity contribution >= 4 is 35.1 Å². The van der Waals surface area contributed by atoms with Gasteiger partial charge in [0.15, 0.2) is 0 Å². The Balaban J connectivity index is 2.35. The fourth-order valence-electron chi connectivity index (χ4n) is 4.33. The van der Waals surface area contributed by atoms with Crippen LogP contribution in [0.15, 0.2) is 42.5 Å². The highest BCUT2D eigenvalue weighted by atomic mass is 16.5. The van der Waals surface area contributed by atoms with Crippen molar-refractivity contribution < 1.29 is 34.1 Å². The van der Waals surface area contributed by atoms with Crippen molar-refractivity contribution in [3.63, 3.8) is 0 Å². The van der Waals surface area contributed by atoms with Gasteiger partial charge in [0, 0.05) is 47.8 Å². The smallest absolute Gasteiger partial charge is 0.328 e. The number of carbonyl (C=O) groups is 4. The standard InChI is InChI=1S/C32H48N2O7/c1-2-3-4-5-6-7-8-9-10-11-12-13-14-15-16-17-22-41-28-24-26(33-29(35)18-20-31(37)38)23-27(25-28)34-30(36)19-21-32(39)40/h18-21,23-25H,2-17,22H2,1H3,(H,33,35)(H,34,36)(H,37,38)(H,39,40)/b20-18-,21-19-. The molecule has 228 valence electrons. The molecule has 0 aromatic heterocycles. The van der Waals surface area contributed by atoms with Crippen LogP contribution in [0.3, 0.4) is 0 Å². The minimum atomic E-state index is -1.26. The second-order valence-electron chi connectivity index (χ2n) is 10.2. The summed E-state index contributed by atoms with van der Waals surface area (Å²) in [5.74, 6) is -3.43. The number of amides is 2. The van der Waals surface area contributed by atoms with Gasteiger partial charge in [-0.05, 0) is 12.5 Å². The van der Waals surface area contributed by atoms with Crippen LogP contribution in [0.5, 0.6) is 5.75 Å². The Labute approximate surface area is 244 Å². The lowest BCUT2D eigenvalue weighted by Gasteiger charge is -2.12. The monoisotopic (exact) mass is 572 g/mol. The number of hydrogen-bond donors (Lipinski definition) is 4. The first-order chi connectivity index (χ1) is 19.8. The summed E-state index contributed by atoms with van der Waals surface area (Å²) < 4.78 is 5.84. The molecule has 9 heteroatoms. The van der Waals surface area contributed by atoms with E-state index in [0.29, 0.717) is 24.5 Å². The molecule has 41 heavy (non-hydrogen) atoms. The summed E-state index contributed by atoms with van der Waals surface area (Å²) in [7, 11) is 0. The van der Waals surface area contributed by atoms with Crippen molar-refractivity contribution in [3.05, 3.63) is 42.5 Å². The molecule has 0 unspecified atom stereocenters. The minimum absolute atomic E-state index is 0.284. The van der Waals surface area contributed by atoms with Crippen molar-refractivity contribution in [1.29, 1.82) is 0 Å². The molecular formula is C32H48N2O7. The van der Waals surface area contributed by atoms with Gasteiger partial charge in [-0.25, -0.2) is 9.59 Å². The summed E-state index contributed by atoms with van der Waals surface area (Å²) in [6.45, 7) is 2.71. The molecule has 0 bridgehead atoms. The first-order valence-electron chi connectivity index (χ1n) is 15.0. The number of carbonyl (C=O) groups excluding carboxylic acids is 2. The number of ether oxygens (including phenoxy) is 1. The molecule has 0 saturated carbocycles. The molecule has 1 rings (SSSR count). The van der Waals surface area contributed by atoms with Crippen LogP contribution in [0, 0.1) is 0 Å². The van der Waals surface area contributed by atoms with Gasteiger partial charge >= 0.3 is 11.9 Å². The zero-order valence-corrected chi connectivity index (χ0v) is 24.5. The molecule has 0 atom stereocenters. The maximum atomic E-state index is 12.0. The molecule has 0 fully saturated rings. The normalized spacial score (nSPS) is 11.1. The molecule has 0 aliphatic carbocycles. The summed E-state index contributed by atoms with van der Waals surface area (Å²) >= 11 is 0. The van der Waals surface area contributed by atoms with Gasteiger partial charge in [-0.1, -0.05) is 103 Å². The van der Waals surface area contributed by atoms with Gasteiger partial charge in [0.1, 0.15) is 5.75 Å². The Morgan fingerprint density at radius 2 is 0.951 bits per heavy atom. The van der Waals surface area contributed by atoms with E-state index in [0.717, 1.165) is 31.4 Å². The third-order valence-corrected chi connectivity index (χ3v) is 6.46. The summed E-state index contributed by atoms with van der Waals surface area (Å²) in [6.07, 6.45) is 23.6. The van der Waals surface area contributed by atoms with Crippen LogP contribution >= 0.6 is 0 Å². The van der Waals surface area contributed by atoms with Gasteiger partial charge in [0.05, 0.1) is 6.61 Å². The number of nitrogens with one attached hydrogen (secondary N) is 2. The number of unbranched alkanes of at least 4 members (excludes halogenated alkanes) is 15. The van der Waals surface area contributed by atoms with E-state index >= 15 is 0 Å². The molecule has 0 radical (unpaired) electrons. The van der Waals surface area contributed by atoms with Gasteiger partial charge in [0.2, 0.25) is 11.8 Å². The Morgan fingerprint density at radius 1 is 0.585 bits per heavy atom. The predicted octanol–water partition coefficient (Wildman–Crippen LogP) is 7.49. The van der Waals surface area contributed by atoms with E-state index in [1.807, 2.05) is 0 Å². The van der Waals surface area contributed by atoms with Crippen molar-refractivity contribution in [3.8, 4) is 5.75 Å². The van der Waals surface area contributed by atoms with Crippen LogP contribution in [-0.4, -0.2) is 40.6 Å². The van der Waals surface area contributed by atoms with Crippen molar-refractivity contribution in [2.45, 2.75) is 110 Å². The highest BCUT2D eigenvalue weighted by Crippen LogP contribution is 2.25. The van der Waals surface area contributed by atoms with E-state index in [4.69, 9.17) is 14.9 Å². The lowest BCUT2D eigenvalue weighted by Crippen LogP contribution is -2.12. The van der Waals surface area contributed by atoms with E-state index in [9.17, 15) is 19.2 Å². The van der Waals surface area contributed by atoms with Crippen LogP contribution in [-0.2, 0) is 19.2 Å². The molecule has 0 heterocycles. The topological polar surface area (TPSA) is 142 Å². The van der Waals surface area contributed by atoms with E-state index in [-0.39, 0.29) is 11.4 Å². The quantitative estimate of drug-likeness (QED) is 0.0742. The third kappa shape index (κ3) is 20.9. The molecule has 0 aliphatic rings. The number of anilines is 2. The van der Waals surface area contributed by atoms with Crippen molar-refractivity contribution in [1.82, 2.24) is 0 Å². The summed E-state index contributed by atoms with van der Waals surface area (Å²) in [4.78, 5) is 45.3. The number of hydrogen-bond acceptors (Lipinski definition) is 5. The SMILES string of the molecule is CCCCCCCCCCCCCCCCCCOc1cc(NC(=O)/C=C\C(=O)O)cc(NC(=O)/C=C\C(=O)O)c1. The fraction of sp³-hybridized carbons (Fsp3) is 0.562. The lowest BCUT2D eigenvalue weighted by atomic mass is 10.0. The third-order valence-electron chi connectivity index (χ3n) is 6.46. The maximum Gasteiger partial charge on any atom is 0.328 e. The van der Waals surface area contributed by atoms with Crippen LogP contribution in [0.25, 0.3) is 0 Å². The second-order valence-corrected chi connectivity index (χ2v) is 10.2. The zero-order valence-electron chi connectivity index (χ0n) is 24.5. The highest BCUT2D eigenvalue weighted by molar-refractivity contribution is 6.04. The molecule has 0 spiro atoms. The molecule has 1 aromatic rings. The van der Waals surface area contributed by atoms with E-state index in [2.05, 4.69) is 17.6 Å². The highest BCUT2D eigenvalue weighted by Gasteiger charge is 2.08. The zero-order chi connectivity index (χ0) is 30.1.